The third kappa shape index (κ3) is 4.31. The number of carbonyl (C=O) groups excluding carboxylic acids is 2. The molecule has 4 rings (SSSR count). The van der Waals surface area contributed by atoms with Crippen molar-refractivity contribution in [2.24, 2.45) is 0 Å². The van der Waals surface area contributed by atoms with Crippen molar-refractivity contribution in [1.82, 2.24) is 0 Å². The molecule has 1 amide bonds. The van der Waals surface area contributed by atoms with Crippen LogP contribution >= 0.6 is 11.6 Å². The van der Waals surface area contributed by atoms with E-state index in [-0.39, 0.29) is 11.3 Å². The quantitative estimate of drug-likeness (QED) is 0.265. The number of rotatable bonds is 6. The molecule has 0 bridgehead atoms. The van der Waals surface area contributed by atoms with Crippen molar-refractivity contribution >= 4 is 40.4 Å². The second-order valence-electron chi connectivity index (χ2n) is 8.28. The maximum Gasteiger partial charge on any atom is 0.300 e. The van der Waals surface area contributed by atoms with E-state index < -0.39 is 17.7 Å². The summed E-state index contributed by atoms with van der Waals surface area (Å²) in [5, 5.41) is 11.6. The van der Waals surface area contributed by atoms with Crippen molar-refractivity contribution in [3.63, 3.8) is 0 Å². The van der Waals surface area contributed by atoms with E-state index in [1.54, 1.807) is 24.3 Å². The molecule has 1 aliphatic rings. The summed E-state index contributed by atoms with van der Waals surface area (Å²) >= 11 is 6.13. The van der Waals surface area contributed by atoms with E-state index in [0.717, 1.165) is 29.9 Å². The number of aliphatic hydroxyl groups excluding tert-OH is 1. The average Bonchev–Trinajstić information content (AvgIpc) is 3.11. The molecule has 1 unspecified atom stereocenters. The normalized spacial score (nSPS) is 17.3. The van der Waals surface area contributed by atoms with Crippen LogP contribution in [0.15, 0.2) is 78.4 Å². The number of anilines is 2. The van der Waals surface area contributed by atoms with Crippen LogP contribution in [-0.4, -0.2) is 29.9 Å². The highest BCUT2D eigenvalue weighted by molar-refractivity contribution is 6.51. The Bertz CT molecular complexity index is 1250. The van der Waals surface area contributed by atoms with Gasteiger partial charge in [0.2, 0.25) is 0 Å². The van der Waals surface area contributed by atoms with Crippen LogP contribution in [0.2, 0.25) is 5.02 Å². The predicted octanol–water partition coefficient (Wildman–Crippen LogP) is 6.12. The number of benzene rings is 3. The van der Waals surface area contributed by atoms with Gasteiger partial charge in [-0.25, -0.2) is 0 Å². The van der Waals surface area contributed by atoms with Gasteiger partial charge in [0.05, 0.1) is 11.6 Å². The van der Waals surface area contributed by atoms with Gasteiger partial charge < -0.3 is 10.0 Å². The molecule has 0 aromatic heterocycles. The molecule has 0 spiro atoms. The van der Waals surface area contributed by atoms with Crippen LogP contribution in [0.4, 0.5) is 11.4 Å². The Morgan fingerprint density at radius 3 is 2.21 bits per heavy atom. The first-order chi connectivity index (χ1) is 16.3. The molecule has 3 aromatic rings. The van der Waals surface area contributed by atoms with E-state index in [2.05, 4.69) is 18.7 Å². The Labute approximate surface area is 204 Å². The SMILES string of the molecule is CCN(CC)c1ccc(C2/C(=C(/O)c3cccc(Cl)c3)C(=O)C(=O)N2c2ccc(C)cc2)cc1. The number of Topliss-reactive ketones (excluding diaryl/α,β-unsaturated/α-hetero) is 1. The van der Waals surface area contributed by atoms with Crippen LogP contribution in [-0.2, 0) is 9.59 Å². The van der Waals surface area contributed by atoms with E-state index in [0.29, 0.717) is 16.3 Å². The highest BCUT2D eigenvalue weighted by Crippen LogP contribution is 2.42. The molecule has 1 N–H and O–H groups in total. The summed E-state index contributed by atoms with van der Waals surface area (Å²) in [6.45, 7) is 7.88. The maximum absolute atomic E-state index is 13.3. The first kappa shape index (κ1) is 23.6. The number of aliphatic hydroxyl groups is 1. The Morgan fingerprint density at radius 2 is 1.62 bits per heavy atom. The molecule has 0 radical (unpaired) electrons. The minimum absolute atomic E-state index is 0.0448. The molecule has 34 heavy (non-hydrogen) atoms. The molecule has 0 saturated carbocycles. The van der Waals surface area contributed by atoms with Crippen LogP contribution in [0.1, 0.15) is 36.6 Å². The molecule has 1 saturated heterocycles. The largest absolute Gasteiger partial charge is 0.507 e. The monoisotopic (exact) mass is 474 g/mol. The molecule has 1 atom stereocenters. The van der Waals surface area contributed by atoms with E-state index in [1.807, 2.05) is 55.5 Å². The summed E-state index contributed by atoms with van der Waals surface area (Å²) in [5.74, 6) is -1.64. The molecule has 174 valence electrons. The van der Waals surface area contributed by atoms with E-state index in [4.69, 9.17) is 11.6 Å². The third-order valence-corrected chi connectivity index (χ3v) is 6.43. The number of hydrogen-bond donors (Lipinski definition) is 1. The lowest BCUT2D eigenvalue weighted by molar-refractivity contribution is -0.132. The maximum atomic E-state index is 13.3. The molecule has 0 aliphatic carbocycles. The van der Waals surface area contributed by atoms with Crippen LogP contribution in [0.3, 0.4) is 0 Å². The van der Waals surface area contributed by atoms with Gasteiger partial charge in [0.25, 0.3) is 11.7 Å². The smallest absolute Gasteiger partial charge is 0.300 e. The van der Waals surface area contributed by atoms with Crippen molar-refractivity contribution < 1.29 is 14.7 Å². The number of carbonyl (C=O) groups is 2. The summed E-state index contributed by atoms with van der Waals surface area (Å²) in [6.07, 6.45) is 0. The second-order valence-corrected chi connectivity index (χ2v) is 8.72. The minimum Gasteiger partial charge on any atom is -0.507 e. The molecule has 3 aromatic carbocycles. The zero-order valence-corrected chi connectivity index (χ0v) is 20.2. The van der Waals surface area contributed by atoms with Crippen LogP contribution in [0.25, 0.3) is 5.76 Å². The summed E-state index contributed by atoms with van der Waals surface area (Å²) < 4.78 is 0. The van der Waals surface area contributed by atoms with Gasteiger partial charge in [0.1, 0.15) is 5.76 Å². The Kier molecular flexibility index (Phi) is 6.75. The lowest BCUT2D eigenvalue weighted by atomic mass is 9.95. The first-order valence-electron chi connectivity index (χ1n) is 11.3. The zero-order valence-electron chi connectivity index (χ0n) is 19.5. The van der Waals surface area contributed by atoms with Crippen molar-refractivity contribution in [3.8, 4) is 0 Å². The highest BCUT2D eigenvalue weighted by atomic mass is 35.5. The standard InChI is InChI=1S/C28H27ClN2O3/c1-4-30(5-2)22-15-11-19(12-16-22)25-24(26(32)20-7-6-8-21(29)17-20)27(33)28(34)31(25)23-13-9-18(3)10-14-23/h6-17,25,32H,4-5H2,1-3H3/b26-24-. The molecular formula is C28H27ClN2O3. The minimum atomic E-state index is -0.771. The number of amides is 1. The summed E-state index contributed by atoms with van der Waals surface area (Å²) in [6, 6.07) is 21.1. The lowest BCUT2D eigenvalue weighted by Crippen LogP contribution is -2.29. The second kappa shape index (κ2) is 9.74. The number of aryl methyl sites for hydroxylation is 1. The van der Waals surface area contributed by atoms with E-state index in [1.165, 1.54) is 4.90 Å². The van der Waals surface area contributed by atoms with E-state index in [9.17, 15) is 14.7 Å². The molecule has 1 fully saturated rings. The molecule has 5 nitrogen and oxygen atoms in total. The summed E-state index contributed by atoms with van der Waals surface area (Å²) in [5.41, 5.74) is 3.85. The van der Waals surface area contributed by atoms with Crippen LogP contribution in [0.5, 0.6) is 0 Å². The average molecular weight is 475 g/mol. The van der Waals surface area contributed by atoms with Gasteiger partial charge in [-0.05, 0) is 62.7 Å². The molecule has 1 aliphatic heterocycles. The summed E-state index contributed by atoms with van der Waals surface area (Å²) in [4.78, 5) is 30.2. The highest BCUT2D eigenvalue weighted by Gasteiger charge is 2.47. The molecule has 6 heteroatoms. The van der Waals surface area contributed by atoms with Crippen LogP contribution in [0, 0.1) is 6.92 Å². The predicted molar refractivity (Wildman–Crippen MR) is 137 cm³/mol. The Balaban J connectivity index is 1.90. The van der Waals surface area contributed by atoms with Crippen molar-refractivity contribution in [2.45, 2.75) is 26.8 Å². The van der Waals surface area contributed by atoms with Crippen molar-refractivity contribution in [3.05, 3.63) is 100 Å². The number of hydrogen-bond acceptors (Lipinski definition) is 4. The Morgan fingerprint density at radius 1 is 0.971 bits per heavy atom. The third-order valence-electron chi connectivity index (χ3n) is 6.19. The fourth-order valence-corrected chi connectivity index (χ4v) is 4.56. The van der Waals surface area contributed by atoms with Gasteiger partial charge in [-0.1, -0.05) is 53.6 Å². The van der Waals surface area contributed by atoms with Gasteiger partial charge in [-0.2, -0.15) is 0 Å². The zero-order chi connectivity index (χ0) is 24.4. The summed E-state index contributed by atoms with van der Waals surface area (Å²) in [7, 11) is 0. The number of halogens is 1. The fourth-order valence-electron chi connectivity index (χ4n) is 4.37. The van der Waals surface area contributed by atoms with Crippen molar-refractivity contribution in [2.75, 3.05) is 22.9 Å². The molecule has 1 heterocycles. The van der Waals surface area contributed by atoms with Gasteiger partial charge >= 0.3 is 0 Å². The Hall–Kier alpha value is -3.57. The first-order valence-corrected chi connectivity index (χ1v) is 11.7. The van der Waals surface area contributed by atoms with Gasteiger partial charge in [0.15, 0.2) is 0 Å². The van der Waals surface area contributed by atoms with Gasteiger partial charge in [-0.15, -0.1) is 0 Å². The topological polar surface area (TPSA) is 60.9 Å². The lowest BCUT2D eigenvalue weighted by Gasteiger charge is -2.27. The number of nitrogens with zero attached hydrogens (tertiary/aromatic N) is 2. The van der Waals surface area contributed by atoms with Gasteiger partial charge in [-0.3, -0.25) is 14.5 Å². The number of ketones is 1. The fraction of sp³-hybridized carbons (Fsp3) is 0.214. The van der Waals surface area contributed by atoms with E-state index >= 15 is 0 Å². The van der Waals surface area contributed by atoms with Crippen molar-refractivity contribution in [1.29, 1.82) is 0 Å². The van der Waals surface area contributed by atoms with Crippen LogP contribution < -0.4 is 9.80 Å². The molecular weight excluding hydrogens is 448 g/mol. The van der Waals surface area contributed by atoms with Gasteiger partial charge in [0, 0.05) is 35.1 Å².